The van der Waals surface area contributed by atoms with E-state index in [0.29, 0.717) is 5.92 Å². The average Bonchev–Trinajstić information content (AvgIpc) is 2.30. The minimum absolute atomic E-state index is 0. The first-order chi connectivity index (χ1) is 7.70. The van der Waals surface area contributed by atoms with Crippen molar-refractivity contribution in [3.63, 3.8) is 0 Å². The highest BCUT2D eigenvalue weighted by Crippen LogP contribution is 2.36. The van der Waals surface area contributed by atoms with Crippen molar-refractivity contribution >= 4 is 24.0 Å². The minimum Gasteiger partial charge on any atom is -0.324 e. The lowest BCUT2D eigenvalue weighted by atomic mass is 9.80. The third-order valence-electron chi connectivity index (χ3n) is 3.76. The van der Waals surface area contributed by atoms with Crippen LogP contribution in [0.25, 0.3) is 0 Å². The molecular formula is C14H21Cl2N. The Morgan fingerprint density at radius 1 is 1.24 bits per heavy atom. The molecule has 0 aliphatic heterocycles. The van der Waals surface area contributed by atoms with E-state index in [-0.39, 0.29) is 18.4 Å². The molecule has 3 heteroatoms. The number of hydrogen-bond acceptors (Lipinski definition) is 1. The van der Waals surface area contributed by atoms with Gasteiger partial charge in [-0.1, -0.05) is 43.0 Å². The van der Waals surface area contributed by atoms with E-state index in [1.807, 2.05) is 12.1 Å². The van der Waals surface area contributed by atoms with E-state index in [1.165, 1.54) is 37.7 Å². The molecule has 2 N–H and O–H groups in total. The fraction of sp³-hybridized carbons (Fsp3) is 0.571. The van der Waals surface area contributed by atoms with E-state index in [1.54, 1.807) is 0 Å². The second kappa shape index (κ2) is 6.63. The van der Waals surface area contributed by atoms with Crippen LogP contribution in [0.3, 0.4) is 0 Å². The van der Waals surface area contributed by atoms with E-state index in [4.69, 9.17) is 17.3 Å². The predicted octanol–water partition coefficient (Wildman–Crippen LogP) is 4.65. The Labute approximate surface area is 115 Å². The first-order valence-electron chi connectivity index (χ1n) is 6.20. The third kappa shape index (κ3) is 3.37. The standard InChI is InChI=1S/C14H20ClN.ClH/c1-10-6-5-9-12(15)13(10)14(16)11-7-3-2-4-8-11;/h5-6,9,11,14H,2-4,7-8,16H2,1H3;1H/t14-;/m1./s1. The van der Waals surface area contributed by atoms with Gasteiger partial charge in [-0.2, -0.15) is 0 Å². The molecular weight excluding hydrogens is 253 g/mol. The molecule has 1 aromatic rings. The number of benzene rings is 1. The quantitative estimate of drug-likeness (QED) is 0.834. The topological polar surface area (TPSA) is 26.0 Å². The number of halogens is 2. The Morgan fingerprint density at radius 2 is 1.88 bits per heavy atom. The van der Waals surface area contributed by atoms with Gasteiger partial charge in [0.1, 0.15) is 0 Å². The summed E-state index contributed by atoms with van der Waals surface area (Å²) in [6.07, 6.45) is 6.52. The molecule has 0 bridgehead atoms. The first kappa shape index (κ1) is 14.8. The second-order valence-corrected chi connectivity index (χ2v) is 5.30. The van der Waals surface area contributed by atoms with Crippen LogP contribution in [0.1, 0.15) is 49.3 Å². The summed E-state index contributed by atoms with van der Waals surface area (Å²) in [5.74, 6) is 0.618. The molecule has 1 aliphatic carbocycles. The number of nitrogens with two attached hydrogens (primary N) is 1. The molecule has 1 fully saturated rings. The maximum absolute atomic E-state index is 6.39. The highest BCUT2D eigenvalue weighted by molar-refractivity contribution is 6.31. The van der Waals surface area contributed by atoms with Gasteiger partial charge in [0.15, 0.2) is 0 Å². The SMILES string of the molecule is Cc1cccc(Cl)c1[C@H](N)C1CCCCC1.Cl. The van der Waals surface area contributed by atoms with Crippen LogP contribution in [0, 0.1) is 12.8 Å². The van der Waals surface area contributed by atoms with Gasteiger partial charge < -0.3 is 5.73 Å². The smallest absolute Gasteiger partial charge is 0.0456 e. The Bertz CT molecular complexity index is 339. The first-order valence-corrected chi connectivity index (χ1v) is 6.58. The Morgan fingerprint density at radius 3 is 2.47 bits per heavy atom. The highest BCUT2D eigenvalue weighted by atomic mass is 35.5. The summed E-state index contributed by atoms with van der Waals surface area (Å²) in [5.41, 5.74) is 8.78. The molecule has 96 valence electrons. The summed E-state index contributed by atoms with van der Waals surface area (Å²) in [4.78, 5) is 0. The van der Waals surface area contributed by atoms with Crippen molar-refractivity contribution in [2.24, 2.45) is 11.7 Å². The normalized spacial score (nSPS) is 18.5. The van der Waals surface area contributed by atoms with Gasteiger partial charge in [-0.3, -0.25) is 0 Å². The molecule has 1 nitrogen and oxygen atoms in total. The van der Waals surface area contributed by atoms with Crippen LogP contribution in [-0.2, 0) is 0 Å². The molecule has 1 saturated carbocycles. The molecule has 0 heterocycles. The van der Waals surface area contributed by atoms with E-state index in [9.17, 15) is 0 Å². The van der Waals surface area contributed by atoms with Crippen LogP contribution < -0.4 is 5.73 Å². The maximum atomic E-state index is 6.39. The largest absolute Gasteiger partial charge is 0.324 e. The molecule has 1 aliphatic rings. The molecule has 2 rings (SSSR count). The lowest BCUT2D eigenvalue weighted by Crippen LogP contribution is -2.24. The molecule has 17 heavy (non-hydrogen) atoms. The zero-order valence-electron chi connectivity index (χ0n) is 10.3. The Hall–Kier alpha value is -0.240. The van der Waals surface area contributed by atoms with Gasteiger partial charge >= 0.3 is 0 Å². The van der Waals surface area contributed by atoms with Gasteiger partial charge in [0.05, 0.1) is 0 Å². The zero-order valence-corrected chi connectivity index (χ0v) is 11.9. The molecule has 0 unspecified atom stereocenters. The van der Waals surface area contributed by atoms with Crippen molar-refractivity contribution < 1.29 is 0 Å². The molecule has 0 spiro atoms. The predicted molar refractivity (Wildman–Crippen MR) is 76.9 cm³/mol. The number of hydrogen-bond donors (Lipinski definition) is 1. The van der Waals surface area contributed by atoms with Gasteiger partial charge in [0.2, 0.25) is 0 Å². The fourth-order valence-corrected chi connectivity index (χ4v) is 3.14. The molecule has 1 aromatic carbocycles. The summed E-state index contributed by atoms with van der Waals surface area (Å²) < 4.78 is 0. The Balaban J connectivity index is 0.00000144. The summed E-state index contributed by atoms with van der Waals surface area (Å²) in [6, 6.07) is 6.17. The zero-order chi connectivity index (χ0) is 11.5. The van der Waals surface area contributed by atoms with Gasteiger partial charge in [0, 0.05) is 11.1 Å². The van der Waals surface area contributed by atoms with Crippen molar-refractivity contribution in [3.8, 4) is 0 Å². The molecule has 0 radical (unpaired) electrons. The van der Waals surface area contributed by atoms with Crippen molar-refractivity contribution in [2.45, 2.75) is 45.1 Å². The van der Waals surface area contributed by atoms with Crippen LogP contribution >= 0.6 is 24.0 Å². The van der Waals surface area contributed by atoms with Gasteiger partial charge in [-0.25, -0.2) is 0 Å². The monoisotopic (exact) mass is 273 g/mol. The third-order valence-corrected chi connectivity index (χ3v) is 4.09. The van der Waals surface area contributed by atoms with Crippen molar-refractivity contribution in [2.75, 3.05) is 0 Å². The number of rotatable bonds is 2. The van der Waals surface area contributed by atoms with Gasteiger partial charge in [-0.05, 0) is 42.9 Å². The fourth-order valence-electron chi connectivity index (χ4n) is 2.80. The molecule has 1 atom stereocenters. The van der Waals surface area contributed by atoms with E-state index < -0.39 is 0 Å². The van der Waals surface area contributed by atoms with Gasteiger partial charge in [0.25, 0.3) is 0 Å². The Kier molecular flexibility index (Phi) is 5.78. The lowest BCUT2D eigenvalue weighted by Gasteiger charge is -2.29. The minimum atomic E-state index is 0. The van der Waals surface area contributed by atoms with Crippen molar-refractivity contribution in [3.05, 3.63) is 34.3 Å². The average molecular weight is 274 g/mol. The maximum Gasteiger partial charge on any atom is 0.0456 e. The van der Waals surface area contributed by atoms with E-state index >= 15 is 0 Å². The van der Waals surface area contributed by atoms with Gasteiger partial charge in [-0.15, -0.1) is 12.4 Å². The van der Waals surface area contributed by atoms with Crippen molar-refractivity contribution in [1.82, 2.24) is 0 Å². The van der Waals surface area contributed by atoms with Crippen LogP contribution in [0.4, 0.5) is 0 Å². The summed E-state index contributed by atoms with van der Waals surface area (Å²) >= 11 is 6.26. The number of aryl methyl sites for hydroxylation is 1. The van der Waals surface area contributed by atoms with E-state index in [0.717, 1.165) is 10.6 Å². The van der Waals surface area contributed by atoms with Crippen LogP contribution in [-0.4, -0.2) is 0 Å². The second-order valence-electron chi connectivity index (χ2n) is 4.89. The summed E-state index contributed by atoms with van der Waals surface area (Å²) in [7, 11) is 0. The van der Waals surface area contributed by atoms with Crippen LogP contribution in [0.2, 0.25) is 5.02 Å². The van der Waals surface area contributed by atoms with Crippen LogP contribution in [0.15, 0.2) is 18.2 Å². The summed E-state index contributed by atoms with van der Waals surface area (Å²) in [6.45, 7) is 2.10. The lowest BCUT2D eigenvalue weighted by molar-refractivity contribution is 0.308. The highest BCUT2D eigenvalue weighted by Gasteiger charge is 2.24. The molecule has 0 aromatic heterocycles. The summed E-state index contributed by atoms with van der Waals surface area (Å²) in [5, 5.41) is 0.832. The molecule has 0 saturated heterocycles. The van der Waals surface area contributed by atoms with Crippen molar-refractivity contribution in [1.29, 1.82) is 0 Å². The van der Waals surface area contributed by atoms with E-state index in [2.05, 4.69) is 13.0 Å². The molecule has 0 amide bonds. The van der Waals surface area contributed by atoms with Crippen LogP contribution in [0.5, 0.6) is 0 Å².